The number of hydrogen-bond acceptors (Lipinski definition) is 3. The Morgan fingerprint density at radius 1 is 0.812 bits per heavy atom. The number of amides is 2. The molecule has 2 amide bonds. The fourth-order valence-corrected chi connectivity index (χ4v) is 4.43. The van der Waals surface area contributed by atoms with Crippen molar-refractivity contribution in [2.45, 2.75) is 53.0 Å². The van der Waals surface area contributed by atoms with E-state index in [0.717, 1.165) is 33.6 Å². The Labute approximate surface area is 190 Å². The standard InChI is InChI=1S/C28H30N2O2/c1-17(2)22-12-8-13-23(18(3)4)26(22)30-27(31)24-14-7-10-20(25(24)28(30)32)16-29-21-11-6-9-19(5)15-21/h6-15,17-18,29H,16H2,1-5H3. The van der Waals surface area contributed by atoms with Crippen molar-refractivity contribution >= 4 is 23.2 Å². The molecule has 0 saturated heterocycles. The number of nitrogens with one attached hydrogen (secondary N) is 1. The predicted octanol–water partition coefficient (Wildman–Crippen LogP) is 6.65. The molecule has 0 fully saturated rings. The molecule has 0 aliphatic carbocycles. The van der Waals surface area contributed by atoms with Gasteiger partial charge in [0.05, 0.1) is 16.8 Å². The van der Waals surface area contributed by atoms with Crippen LogP contribution in [0.15, 0.2) is 60.7 Å². The molecule has 1 heterocycles. The van der Waals surface area contributed by atoms with E-state index in [9.17, 15) is 9.59 Å². The second-order valence-corrected chi connectivity index (χ2v) is 9.10. The zero-order chi connectivity index (χ0) is 23.0. The van der Waals surface area contributed by atoms with E-state index >= 15 is 0 Å². The summed E-state index contributed by atoms with van der Waals surface area (Å²) in [7, 11) is 0. The summed E-state index contributed by atoms with van der Waals surface area (Å²) in [6, 6.07) is 19.7. The van der Waals surface area contributed by atoms with Crippen molar-refractivity contribution in [2.24, 2.45) is 0 Å². The van der Waals surface area contributed by atoms with E-state index in [1.54, 1.807) is 6.07 Å². The SMILES string of the molecule is Cc1cccc(NCc2cccc3c2C(=O)N(c2c(C(C)C)cccc2C(C)C)C3=O)c1. The van der Waals surface area contributed by atoms with Crippen LogP contribution in [0.2, 0.25) is 0 Å². The monoisotopic (exact) mass is 426 g/mol. The molecular formula is C28H30N2O2. The lowest BCUT2D eigenvalue weighted by Crippen LogP contribution is -2.32. The Balaban J connectivity index is 1.76. The van der Waals surface area contributed by atoms with Crippen molar-refractivity contribution in [1.82, 2.24) is 0 Å². The third kappa shape index (κ3) is 3.81. The molecule has 4 heteroatoms. The van der Waals surface area contributed by atoms with Crippen LogP contribution >= 0.6 is 0 Å². The van der Waals surface area contributed by atoms with Gasteiger partial charge in [-0.1, -0.05) is 70.2 Å². The first-order chi connectivity index (χ1) is 15.3. The van der Waals surface area contributed by atoms with Gasteiger partial charge in [0.25, 0.3) is 11.8 Å². The van der Waals surface area contributed by atoms with E-state index in [2.05, 4.69) is 39.1 Å². The number of benzene rings is 3. The van der Waals surface area contributed by atoms with Crippen molar-refractivity contribution < 1.29 is 9.59 Å². The first-order valence-corrected chi connectivity index (χ1v) is 11.2. The third-order valence-corrected chi connectivity index (χ3v) is 6.07. The van der Waals surface area contributed by atoms with Crippen LogP contribution in [0.1, 0.15) is 82.5 Å². The second-order valence-electron chi connectivity index (χ2n) is 9.10. The topological polar surface area (TPSA) is 49.4 Å². The lowest BCUT2D eigenvalue weighted by Gasteiger charge is -2.25. The Kier molecular flexibility index (Phi) is 5.88. The number of carbonyl (C=O) groups is 2. The molecule has 0 aromatic heterocycles. The fraction of sp³-hybridized carbons (Fsp3) is 0.286. The molecule has 4 nitrogen and oxygen atoms in total. The van der Waals surface area contributed by atoms with E-state index in [0.29, 0.717) is 17.7 Å². The molecule has 1 N–H and O–H groups in total. The molecule has 0 saturated carbocycles. The van der Waals surface area contributed by atoms with Crippen molar-refractivity contribution in [3.8, 4) is 0 Å². The maximum absolute atomic E-state index is 13.7. The summed E-state index contributed by atoms with van der Waals surface area (Å²) in [5, 5.41) is 3.40. The van der Waals surface area contributed by atoms with Crippen LogP contribution in [-0.2, 0) is 6.54 Å². The van der Waals surface area contributed by atoms with Gasteiger partial charge in [0.2, 0.25) is 0 Å². The van der Waals surface area contributed by atoms with Crippen molar-refractivity contribution in [3.63, 3.8) is 0 Å². The largest absolute Gasteiger partial charge is 0.381 e. The Morgan fingerprint density at radius 2 is 1.44 bits per heavy atom. The molecule has 4 rings (SSSR count). The van der Waals surface area contributed by atoms with Gasteiger partial charge in [-0.25, -0.2) is 4.90 Å². The Morgan fingerprint density at radius 3 is 2.06 bits per heavy atom. The normalized spacial score (nSPS) is 13.3. The number of imide groups is 1. The maximum Gasteiger partial charge on any atom is 0.266 e. The van der Waals surface area contributed by atoms with Gasteiger partial charge >= 0.3 is 0 Å². The van der Waals surface area contributed by atoms with E-state index in [1.165, 1.54) is 4.90 Å². The van der Waals surface area contributed by atoms with Crippen LogP contribution in [0.4, 0.5) is 11.4 Å². The molecule has 1 aliphatic rings. The minimum Gasteiger partial charge on any atom is -0.381 e. The van der Waals surface area contributed by atoms with Crippen LogP contribution in [0.25, 0.3) is 0 Å². The number of fused-ring (bicyclic) bond motifs is 1. The smallest absolute Gasteiger partial charge is 0.266 e. The minimum absolute atomic E-state index is 0.190. The molecule has 1 aliphatic heterocycles. The van der Waals surface area contributed by atoms with Gasteiger partial charge in [-0.05, 0) is 59.2 Å². The van der Waals surface area contributed by atoms with Gasteiger partial charge in [-0.2, -0.15) is 0 Å². The summed E-state index contributed by atoms with van der Waals surface area (Å²) >= 11 is 0. The van der Waals surface area contributed by atoms with Crippen LogP contribution < -0.4 is 10.2 Å². The number of hydrogen-bond donors (Lipinski definition) is 1. The van der Waals surface area contributed by atoms with Crippen LogP contribution in [0.5, 0.6) is 0 Å². The van der Waals surface area contributed by atoms with E-state index < -0.39 is 0 Å². The minimum atomic E-state index is -0.239. The van der Waals surface area contributed by atoms with Gasteiger partial charge in [0.1, 0.15) is 0 Å². The van der Waals surface area contributed by atoms with Gasteiger partial charge in [-0.3, -0.25) is 9.59 Å². The highest BCUT2D eigenvalue weighted by molar-refractivity contribution is 6.35. The molecule has 0 bridgehead atoms. The van der Waals surface area contributed by atoms with E-state index in [-0.39, 0.29) is 23.7 Å². The second kappa shape index (κ2) is 8.62. The van der Waals surface area contributed by atoms with Gasteiger partial charge < -0.3 is 5.32 Å². The molecule has 32 heavy (non-hydrogen) atoms. The summed E-state index contributed by atoms with van der Waals surface area (Å²) in [6.07, 6.45) is 0. The fourth-order valence-electron chi connectivity index (χ4n) is 4.43. The average molecular weight is 427 g/mol. The molecule has 0 spiro atoms. The van der Waals surface area contributed by atoms with Gasteiger partial charge in [0, 0.05) is 12.2 Å². The summed E-state index contributed by atoms with van der Waals surface area (Å²) in [4.78, 5) is 28.6. The number of aryl methyl sites for hydroxylation is 1. The van der Waals surface area contributed by atoms with Crippen molar-refractivity contribution in [3.05, 3.63) is 94.0 Å². The molecule has 0 radical (unpaired) electrons. The third-order valence-electron chi connectivity index (χ3n) is 6.07. The number of rotatable bonds is 6. The molecular weight excluding hydrogens is 396 g/mol. The van der Waals surface area contributed by atoms with E-state index in [4.69, 9.17) is 0 Å². The van der Waals surface area contributed by atoms with Gasteiger partial charge in [-0.15, -0.1) is 0 Å². The number of anilines is 2. The summed E-state index contributed by atoms with van der Waals surface area (Å²) in [5.74, 6) is -0.0926. The quantitative estimate of drug-likeness (QED) is 0.449. The number of para-hydroxylation sites is 1. The van der Waals surface area contributed by atoms with Crippen molar-refractivity contribution in [2.75, 3.05) is 10.2 Å². The molecule has 3 aromatic carbocycles. The highest BCUT2D eigenvalue weighted by Crippen LogP contribution is 2.40. The number of nitrogens with zero attached hydrogens (tertiary/aromatic N) is 1. The van der Waals surface area contributed by atoms with Crippen LogP contribution in [-0.4, -0.2) is 11.8 Å². The van der Waals surface area contributed by atoms with Gasteiger partial charge in [0.15, 0.2) is 0 Å². The zero-order valence-electron chi connectivity index (χ0n) is 19.4. The van der Waals surface area contributed by atoms with E-state index in [1.807, 2.05) is 55.5 Å². The number of carbonyl (C=O) groups excluding carboxylic acids is 2. The first-order valence-electron chi connectivity index (χ1n) is 11.2. The molecule has 0 atom stereocenters. The summed E-state index contributed by atoms with van der Waals surface area (Å²) in [5.41, 5.74) is 6.76. The maximum atomic E-state index is 13.7. The van der Waals surface area contributed by atoms with Crippen molar-refractivity contribution in [1.29, 1.82) is 0 Å². The Hall–Kier alpha value is -3.40. The lowest BCUT2D eigenvalue weighted by atomic mass is 9.92. The molecule has 0 unspecified atom stereocenters. The summed E-state index contributed by atoms with van der Waals surface area (Å²) < 4.78 is 0. The van der Waals surface area contributed by atoms with Crippen LogP contribution in [0, 0.1) is 6.92 Å². The highest BCUT2D eigenvalue weighted by Gasteiger charge is 2.40. The highest BCUT2D eigenvalue weighted by atomic mass is 16.2. The van der Waals surface area contributed by atoms with Crippen LogP contribution in [0.3, 0.4) is 0 Å². The summed E-state index contributed by atoms with van der Waals surface area (Å²) in [6.45, 7) is 10.9. The Bertz CT molecular complexity index is 1170. The molecule has 164 valence electrons. The first kappa shape index (κ1) is 21.8. The predicted molar refractivity (Wildman–Crippen MR) is 131 cm³/mol. The average Bonchev–Trinajstić information content (AvgIpc) is 3.02. The lowest BCUT2D eigenvalue weighted by molar-refractivity contribution is 0.0925. The molecule has 3 aromatic rings. The zero-order valence-corrected chi connectivity index (χ0v) is 19.4.